The Balaban J connectivity index is 2.09. The molecule has 0 spiro atoms. The van der Waals surface area contributed by atoms with Gasteiger partial charge >= 0.3 is 0 Å². The van der Waals surface area contributed by atoms with Crippen LogP contribution in [-0.4, -0.2) is 34.5 Å². The van der Waals surface area contributed by atoms with E-state index in [0.717, 1.165) is 0 Å². The molecule has 34 heavy (non-hydrogen) atoms. The highest BCUT2D eigenvalue weighted by molar-refractivity contribution is 7.91. The van der Waals surface area contributed by atoms with Crippen molar-refractivity contribution in [3.63, 3.8) is 0 Å². The third kappa shape index (κ3) is 3.57. The lowest BCUT2D eigenvalue weighted by Crippen LogP contribution is -2.51. The first kappa shape index (κ1) is 23.6. The number of hydrogen-bond acceptors (Lipinski definition) is 6. The number of amides is 2. The number of nitrogens with one attached hydrogen (secondary N) is 2. The molecule has 2 amide bonds. The minimum Gasteiger partial charge on any atom is -0.497 e. The molecule has 1 unspecified atom stereocenters. The van der Waals surface area contributed by atoms with E-state index >= 15 is 0 Å². The highest BCUT2D eigenvalue weighted by Gasteiger charge is 2.53. The molecule has 1 heterocycles. The molecular formula is C24H21ClN2O6S. The van der Waals surface area contributed by atoms with Crippen molar-refractivity contribution in [2.75, 3.05) is 19.5 Å². The maximum atomic E-state index is 14.0. The second kappa shape index (κ2) is 8.66. The van der Waals surface area contributed by atoms with E-state index in [4.69, 9.17) is 21.1 Å². The van der Waals surface area contributed by atoms with Crippen LogP contribution >= 0.6 is 11.6 Å². The van der Waals surface area contributed by atoms with Crippen molar-refractivity contribution in [2.45, 2.75) is 22.3 Å². The lowest BCUT2D eigenvalue weighted by molar-refractivity contribution is -0.127. The molecule has 176 valence electrons. The number of fused-ring (bicyclic) bond motifs is 1. The Morgan fingerprint density at radius 1 is 1.03 bits per heavy atom. The largest absolute Gasteiger partial charge is 0.497 e. The molecule has 0 saturated heterocycles. The van der Waals surface area contributed by atoms with Gasteiger partial charge in [0, 0.05) is 24.2 Å². The number of rotatable bonds is 6. The SMILES string of the molecule is COc1ccc(S(=O)(=O)c2c(Cl)ccc3c2C(NC(C)=O)(c2ccccc2)C(=O)N3)c(OC)c1. The zero-order valence-electron chi connectivity index (χ0n) is 18.5. The van der Waals surface area contributed by atoms with Gasteiger partial charge in [-0.2, -0.15) is 0 Å². The Hall–Kier alpha value is -3.56. The molecule has 0 bridgehead atoms. The molecule has 4 rings (SSSR count). The van der Waals surface area contributed by atoms with Crippen LogP contribution in [0.1, 0.15) is 18.1 Å². The molecule has 1 aliphatic heterocycles. The molecule has 0 aromatic heterocycles. The van der Waals surface area contributed by atoms with Crippen molar-refractivity contribution in [1.29, 1.82) is 0 Å². The monoisotopic (exact) mass is 500 g/mol. The molecule has 3 aromatic rings. The van der Waals surface area contributed by atoms with Crippen LogP contribution in [0.5, 0.6) is 11.5 Å². The standard InChI is InChI=1S/C24H21ClN2O6S/c1-14(28)27-24(15-7-5-4-6-8-15)21-18(26-23(24)29)11-10-17(25)22(21)34(30,31)20-12-9-16(32-2)13-19(20)33-3/h4-13H,1-3H3,(H,26,29)(H,27,28). The van der Waals surface area contributed by atoms with Gasteiger partial charge in [-0.15, -0.1) is 0 Å². The van der Waals surface area contributed by atoms with Crippen molar-refractivity contribution >= 4 is 38.9 Å². The number of halogens is 1. The van der Waals surface area contributed by atoms with E-state index < -0.39 is 27.2 Å². The van der Waals surface area contributed by atoms with Gasteiger partial charge in [0.15, 0.2) is 5.54 Å². The fraction of sp³-hybridized carbons (Fsp3) is 0.167. The maximum Gasteiger partial charge on any atom is 0.259 e. The highest BCUT2D eigenvalue weighted by atomic mass is 35.5. The molecule has 3 aromatic carbocycles. The summed E-state index contributed by atoms with van der Waals surface area (Å²) in [6.45, 7) is 1.25. The van der Waals surface area contributed by atoms with Crippen molar-refractivity contribution in [2.24, 2.45) is 0 Å². The number of carbonyl (C=O) groups excluding carboxylic acids is 2. The fourth-order valence-corrected chi connectivity index (χ4v) is 6.34. The van der Waals surface area contributed by atoms with Crippen molar-refractivity contribution in [3.05, 3.63) is 76.8 Å². The van der Waals surface area contributed by atoms with Crippen LogP contribution in [0.25, 0.3) is 0 Å². The predicted molar refractivity (Wildman–Crippen MR) is 126 cm³/mol. The van der Waals surface area contributed by atoms with Crippen LogP contribution in [0.2, 0.25) is 5.02 Å². The number of carbonyl (C=O) groups is 2. The first-order valence-corrected chi connectivity index (χ1v) is 12.0. The molecule has 2 N–H and O–H groups in total. The van der Waals surface area contributed by atoms with Gasteiger partial charge in [-0.25, -0.2) is 8.42 Å². The van der Waals surface area contributed by atoms with Gasteiger partial charge in [0.1, 0.15) is 16.4 Å². The second-order valence-corrected chi connectivity index (χ2v) is 9.83. The molecule has 0 radical (unpaired) electrons. The summed E-state index contributed by atoms with van der Waals surface area (Å²) in [5.74, 6) is -0.703. The van der Waals surface area contributed by atoms with Crippen LogP contribution in [0.15, 0.2) is 70.5 Å². The number of ether oxygens (including phenoxy) is 2. The van der Waals surface area contributed by atoms with Crippen LogP contribution in [0.3, 0.4) is 0 Å². The summed E-state index contributed by atoms with van der Waals surface area (Å²) >= 11 is 6.50. The van der Waals surface area contributed by atoms with Gasteiger partial charge in [0.25, 0.3) is 5.91 Å². The Labute approximate surface area is 201 Å². The van der Waals surface area contributed by atoms with E-state index in [0.29, 0.717) is 11.3 Å². The normalized spacial score (nSPS) is 17.0. The van der Waals surface area contributed by atoms with Gasteiger partial charge in [-0.3, -0.25) is 9.59 Å². The minimum absolute atomic E-state index is 0.0317. The number of benzene rings is 3. The minimum atomic E-state index is -4.36. The summed E-state index contributed by atoms with van der Waals surface area (Å²) in [4.78, 5) is 25.2. The van der Waals surface area contributed by atoms with E-state index in [-0.39, 0.29) is 31.8 Å². The Bertz CT molecular complexity index is 1410. The number of sulfone groups is 1. The summed E-state index contributed by atoms with van der Waals surface area (Å²) in [6, 6.07) is 15.5. The quantitative estimate of drug-likeness (QED) is 0.535. The molecule has 0 saturated carbocycles. The summed E-state index contributed by atoms with van der Waals surface area (Å²) < 4.78 is 38.6. The molecule has 1 atom stereocenters. The van der Waals surface area contributed by atoms with E-state index in [1.807, 2.05) is 0 Å². The lowest BCUT2D eigenvalue weighted by atomic mass is 9.83. The molecular weight excluding hydrogens is 480 g/mol. The predicted octanol–water partition coefficient (Wildman–Crippen LogP) is 3.52. The summed E-state index contributed by atoms with van der Waals surface area (Å²) in [7, 11) is -1.57. The van der Waals surface area contributed by atoms with Gasteiger partial charge in [0.05, 0.1) is 24.1 Å². The molecule has 0 fully saturated rings. The van der Waals surface area contributed by atoms with Gasteiger partial charge in [-0.1, -0.05) is 41.9 Å². The van der Waals surface area contributed by atoms with Gasteiger partial charge in [-0.05, 0) is 29.8 Å². The lowest BCUT2D eigenvalue weighted by Gasteiger charge is -2.30. The third-order valence-corrected chi connectivity index (χ3v) is 7.88. The van der Waals surface area contributed by atoms with E-state index in [1.165, 1.54) is 51.5 Å². The molecule has 10 heteroatoms. The van der Waals surface area contributed by atoms with E-state index in [9.17, 15) is 18.0 Å². The van der Waals surface area contributed by atoms with Crippen molar-refractivity contribution in [1.82, 2.24) is 5.32 Å². The van der Waals surface area contributed by atoms with Crippen LogP contribution in [0.4, 0.5) is 5.69 Å². The Morgan fingerprint density at radius 3 is 2.35 bits per heavy atom. The number of hydrogen-bond donors (Lipinski definition) is 2. The topological polar surface area (TPSA) is 111 Å². The Morgan fingerprint density at radius 2 is 1.74 bits per heavy atom. The average Bonchev–Trinajstić information content (AvgIpc) is 3.10. The maximum absolute atomic E-state index is 14.0. The average molecular weight is 501 g/mol. The third-order valence-electron chi connectivity index (χ3n) is 5.57. The summed E-state index contributed by atoms with van der Waals surface area (Å²) in [5.41, 5.74) is -1.20. The zero-order valence-corrected chi connectivity index (χ0v) is 20.1. The van der Waals surface area contributed by atoms with Gasteiger partial charge < -0.3 is 20.1 Å². The van der Waals surface area contributed by atoms with E-state index in [1.54, 1.807) is 30.3 Å². The molecule has 8 nitrogen and oxygen atoms in total. The second-order valence-electron chi connectivity index (χ2n) is 7.57. The van der Waals surface area contributed by atoms with E-state index in [2.05, 4.69) is 10.6 Å². The molecule has 0 aliphatic carbocycles. The summed E-state index contributed by atoms with van der Waals surface area (Å²) in [5, 5.41) is 5.28. The smallest absolute Gasteiger partial charge is 0.259 e. The molecule has 1 aliphatic rings. The van der Waals surface area contributed by atoms with Crippen molar-refractivity contribution < 1.29 is 27.5 Å². The first-order chi connectivity index (χ1) is 16.2. The van der Waals surface area contributed by atoms with Crippen LogP contribution in [0, 0.1) is 0 Å². The van der Waals surface area contributed by atoms with Crippen LogP contribution in [-0.2, 0) is 25.0 Å². The number of methoxy groups -OCH3 is 2. The first-order valence-electron chi connectivity index (χ1n) is 10.1. The fourth-order valence-electron chi connectivity index (χ4n) is 4.15. The highest BCUT2D eigenvalue weighted by Crippen LogP contribution is 2.49. The zero-order chi connectivity index (χ0) is 24.7. The van der Waals surface area contributed by atoms with Gasteiger partial charge in [0.2, 0.25) is 15.7 Å². The number of anilines is 1. The van der Waals surface area contributed by atoms with Crippen LogP contribution < -0.4 is 20.1 Å². The Kier molecular flexibility index (Phi) is 6.01. The van der Waals surface area contributed by atoms with Crippen molar-refractivity contribution in [3.8, 4) is 11.5 Å². The summed E-state index contributed by atoms with van der Waals surface area (Å²) in [6.07, 6.45) is 0.